The Hall–Kier alpha value is -0.550. The third-order valence-corrected chi connectivity index (χ3v) is 1.54. The lowest BCUT2D eigenvalue weighted by Crippen LogP contribution is -2.15. The molecule has 1 heterocycles. The molecule has 1 rings (SSSR count). The molecule has 0 radical (unpaired) electrons. The minimum atomic E-state index is 0.625. The lowest BCUT2D eigenvalue weighted by molar-refractivity contribution is 0.634. The van der Waals surface area contributed by atoms with Gasteiger partial charge in [-0.15, -0.1) is 0 Å². The van der Waals surface area contributed by atoms with E-state index in [2.05, 4.69) is 24.2 Å². The molecule has 2 heteroatoms. The van der Waals surface area contributed by atoms with Crippen LogP contribution in [0, 0.1) is 17.9 Å². The average Bonchev–Trinajstić information content (AvgIpc) is 1.93. The SMILES string of the molecule is CC1CC#CNC(=S)C1. The molecule has 1 nitrogen and oxygen atoms in total. The van der Waals surface area contributed by atoms with Crippen LogP contribution in [0.3, 0.4) is 0 Å². The third-order valence-electron chi connectivity index (χ3n) is 1.27. The van der Waals surface area contributed by atoms with Crippen molar-refractivity contribution in [3.63, 3.8) is 0 Å². The molecule has 0 fully saturated rings. The maximum atomic E-state index is 4.96. The third kappa shape index (κ3) is 2.03. The summed E-state index contributed by atoms with van der Waals surface area (Å²) in [5, 5.41) is 2.85. The van der Waals surface area contributed by atoms with Gasteiger partial charge in [0.2, 0.25) is 0 Å². The summed E-state index contributed by atoms with van der Waals surface area (Å²) in [5.41, 5.74) is 0. The van der Waals surface area contributed by atoms with Crippen molar-refractivity contribution >= 4 is 17.2 Å². The monoisotopic (exact) mass is 139 g/mol. The Kier molecular flexibility index (Phi) is 2.07. The van der Waals surface area contributed by atoms with Crippen LogP contribution < -0.4 is 5.32 Å². The Balaban J connectivity index is 2.54. The van der Waals surface area contributed by atoms with Crippen molar-refractivity contribution in [3.8, 4) is 12.0 Å². The quantitative estimate of drug-likeness (QED) is 0.401. The van der Waals surface area contributed by atoms with Gasteiger partial charge in [-0.1, -0.05) is 25.1 Å². The predicted octanol–water partition coefficient (Wildman–Crippen LogP) is 1.29. The topological polar surface area (TPSA) is 12.0 Å². The molecule has 0 saturated carbocycles. The number of thiocarbonyl (C=S) groups is 1. The van der Waals surface area contributed by atoms with Gasteiger partial charge < -0.3 is 5.32 Å². The van der Waals surface area contributed by atoms with Gasteiger partial charge >= 0.3 is 0 Å². The lowest BCUT2D eigenvalue weighted by atomic mass is 10.1. The molecular formula is C7H9NS. The molecule has 1 aliphatic heterocycles. The van der Waals surface area contributed by atoms with E-state index < -0.39 is 0 Å². The summed E-state index contributed by atoms with van der Waals surface area (Å²) >= 11 is 4.96. The van der Waals surface area contributed by atoms with Crippen LogP contribution in [-0.2, 0) is 0 Å². The zero-order valence-corrected chi connectivity index (χ0v) is 6.22. The minimum absolute atomic E-state index is 0.625. The van der Waals surface area contributed by atoms with E-state index in [1.807, 2.05) is 0 Å². The summed E-state index contributed by atoms with van der Waals surface area (Å²) in [6.07, 6.45) is 1.93. The van der Waals surface area contributed by atoms with Crippen molar-refractivity contribution < 1.29 is 0 Å². The molecule has 48 valence electrons. The van der Waals surface area contributed by atoms with E-state index in [4.69, 9.17) is 12.2 Å². The Labute approximate surface area is 60.8 Å². The highest BCUT2D eigenvalue weighted by molar-refractivity contribution is 7.80. The molecule has 0 aliphatic carbocycles. The Morgan fingerprint density at radius 2 is 2.56 bits per heavy atom. The molecule has 0 bridgehead atoms. The van der Waals surface area contributed by atoms with Gasteiger partial charge in [-0.3, -0.25) is 0 Å². The molecule has 0 aromatic carbocycles. The first-order valence-electron chi connectivity index (χ1n) is 3.06. The standard InChI is InChI=1S/C7H9NS/c1-6-3-2-4-8-7(9)5-6/h6H,3,5H2,1H3,(H,8,9). The zero-order valence-electron chi connectivity index (χ0n) is 5.40. The van der Waals surface area contributed by atoms with E-state index in [0.29, 0.717) is 5.92 Å². The Morgan fingerprint density at radius 3 is 3.33 bits per heavy atom. The Bertz CT molecular complexity index is 175. The lowest BCUT2D eigenvalue weighted by Gasteiger charge is -2.03. The molecule has 0 spiro atoms. The van der Waals surface area contributed by atoms with E-state index in [1.165, 1.54) is 0 Å². The fourth-order valence-corrected chi connectivity index (χ4v) is 1.11. The van der Waals surface area contributed by atoms with E-state index in [-0.39, 0.29) is 0 Å². The highest BCUT2D eigenvalue weighted by Crippen LogP contribution is 2.07. The van der Waals surface area contributed by atoms with Crippen molar-refractivity contribution in [1.29, 1.82) is 0 Å². The Morgan fingerprint density at radius 1 is 1.78 bits per heavy atom. The summed E-state index contributed by atoms with van der Waals surface area (Å²) in [5.74, 6) is 3.60. The van der Waals surface area contributed by atoms with Crippen LogP contribution in [0.4, 0.5) is 0 Å². The number of hydrogen-bond acceptors (Lipinski definition) is 1. The maximum absolute atomic E-state index is 4.96. The van der Waals surface area contributed by atoms with Gasteiger partial charge in [0.25, 0.3) is 0 Å². The second kappa shape index (κ2) is 2.84. The number of hydrogen-bond donors (Lipinski definition) is 1. The smallest absolute Gasteiger partial charge is 0.0871 e. The van der Waals surface area contributed by atoms with Crippen LogP contribution in [0.15, 0.2) is 0 Å². The molecule has 0 aromatic heterocycles. The second-order valence-electron chi connectivity index (χ2n) is 2.36. The maximum Gasteiger partial charge on any atom is 0.0871 e. The average molecular weight is 139 g/mol. The summed E-state index contributed by atoms with van der Waals surface area (Å²) in [4.78, 5) is 0.882. The molecule has 0 saturated heterocycles. The fourth-order valence-electron chi connectivity index (χ4n) is 0.779. The fraction of sp³-hybridized carbons (Fsp3) is 0.571. The highest BCUT2D eigenvalue weighted by atomic mass is 32.1. The van der Waals surface area contributed by atoms with Gasteiger partial charge in [0, 0.05) is 18.9 Å². The first-order valence-corrected chi connectivity index (χ1v) is 3.46. The summed E-state index contributed by atoms with van der Waals surface area (Å²) in [6.45, 7) is 2.16. The van der Waals surface area contributed by atoms with Crippen molar-refractivity contribution in [1.82, 2.24) is 5.32 Å². The van der Waals surface area contributed by atoms with Crippen LogP contribution in [0.25, 0.3) is 0 Å². The summed E-state index contributed by atoms with van der Waals surface area (Å²) < 4.78 is 0. The second-order valence-corrected chi connectivity index (χ2v) is 2.86. The van der Waals surface area contributed by atoms with Crippen LogP contribution in [0.1, 0.15) is 19.8 Å². The molecule has 9 heavy (non-hydrogen) atoms. The molecule has 1 unspecified atom stereocenters. The van der Waals surface area contributed by atoms with Gasteiger partial charge in [0.05, 0.1) is 4.99 Å². The van der Waals surface area contributed by atoms with Crippen LogP contribution in [-0.4, -0.2) is 4.99 Å². The minimum Gasteiger partial charge on any atom is -0.309 e. The molecule has 1 aliphatic rings. The number of nitrogens with one attached hydrogen (secondary N) is 1. The first kappa shape index (κ1) is 6.57. The number of rotatable bonds is 0. The van der Waals surface area contributed by atoms with E-state index >= 15 is 0 Å². The van der Waals surface area contributed by atoms with Crippen molar-refractivity contribution in [3.05, 3.63) is 0 Å². The predicted molar refractivity (Wildman–Crippen MR) is 41.9 cm³/mol. The van der Waals surface area contributed by atoms with Crippen molar-refractivity contribution in [2.45, 2.75) is 19.8 Å². The van der Waals surface area contributed by atoms with E-state index in [0.717, 1.165) is 17.8 Å². The van der Waals surface area contributed by atoms with Crippen LogP contribution in [0.5, 0.6) is 0 Å². The van der Waals surface area contributed by atoms with Crippen molar-refractivity contribution in [2.24, 2.45) is 5.92 Å². The molecular weight excluding hydrogens is 130 g/mol. The van der Waals surface area contributed by atoms with E-state index in [1.54, 1.807) is 0 Å². The van der Waals surface area contributed by atoms with Gasteiger partial charge in [-0.05, 0) is 5.92 Å². The van der Waals surface area contributed by atoms with Crippen LogP contribution in [0.2, 0.25) is 0 Å². The van der Waals surface area contributed by atoms with E-state index in [9.17, 15) is 0 Å². The first-order chi connectivity index (χ1) is 4.29. The van der Waals surface area contributed by atoms with Gasteiger partial charge in [-0.2, -0.15) is 0 Å². The highest BCUT2D eigenvalue weighted by Gasteiger charge is 2.05. The zero-order chi connectivity index (χ0) is 6.69. The molecule has 0 aromatic rings. The van der Waals surface area contributed by atoms with Gasteiger partial charge in [-0.25, -0.2) is 0 Å². The molecule has 0 amide bonds. The summed E-state index contributed by atoms with van der Waals surface area (Å²) in [6, 6.07) is 2.79. The van der Waals surface area contributed by atoms with Gasteiger partial charge in [0.15, 0.2) is 0 Å². The normalized spacial score (nSPS) is 25.4. The molecule has 1 N–H and O–H groups in total. The summed E-state index contributed by atoms with van der Waals surface area (Å²) in [7, 11) is 0. The van der Waals surface area contributed by atoms with Crippen molar-refractivity contribution in [2.75, 3.05) is 0 Å². The van der Waals surface area contributed by atoms with Crippen LogP contribution >= 0.6 is 12.2 Å². The largest absolute Gasteiger partial charge is 0.309 e. The molecule has 1 atom stereocenters. The van der Waals surface area contributed by atoms with Gasteiger partial charge in [0.1, 0.15) is 0 Å².